The molecular formula is C11H6ClN7O. The molecule has 20 heavy (non-hydrogen) atoms. The van der Waals surface area contributed by atoms with E-state index in [1.807, 2.05) is 12.1 Å². The van der Waals surface area contributed by atoms with Crippen LogP contribution in [0.15, 0.2) is 35.2 Å². The largest absolute Gasteiger partial charge is 0.337 e. The number of rotatable bonds is 2. The lowest BCUT2D eigenvalue weighted by molar-refractivity contribution is 0.314. The van der Waals surface area contributed by atoms with Crippen molar-refractivity contribution in [2.75, 3.05) is 5.32 Å². The number of nitrogens with one attached hydrogen (secondary N) is 1. The molecule has 0 aliphatic carbocycles. The predicted molar refractivity (Wildman–Crippen MR) is 70.9 cm³/mol. The first-order chi connectivity index (χ1) is 9.81. The second-order valence-corrected chi connectivity index (χ2v) is 4.46. The molecule has 0 unspecified atom stereocenters. The first-order valence-electron chi connectivity index (χ1n) is 5.66. The van der Waals surface area contributed by atoms with Gasteiger partial charge in [-0.3, -0.25) is 4.40 Å². The van der Waals surface area contributed by atoms with E-state index in [1.54, 1.807) is 16.5 Å². The van der Waals surface area contributed by atoms with E-state index in [9.17, 15) is 0 Å². The Morgan fingerprint density at radius 3 is 2.80 bits per heavy atom. The van der Waals surface area contributed by atoms with E-state index in [0.29, 0.717) is 27.8 Å². The van der Waals surface area contributed by atoms with Gasteiger partial charge in [-0.15, -0.1) is 10.2 Å². The molecule has 0 bridgehead atoms. The summed E-state index contributed by atoms with van der Waals surface area (Å²) >= 11 is 5.86. The van der Waals surface area contributed by atoms with Crippen molar-refractivity contribution in [1.82, 2.24) is 29.9 Å². The summed E-state index contributed by atoms with van der Waals surface area (Å²) in [4.78, 5) is 4.32. The van der Waals surface area contributed by atoms with Crippen LogP contribution in [0.25, 0.3) is 16.9 Å². The number of benzene rings is 1. The summed E-state index contributed by atoms with van der Waals surface area (Å²) < 4.78 is 6.33. The zero-order valence-electron chi connectivity index (χ0n) is 9.86. The molecule has 4 aromatic rings. The minimum absolute atomic E-state index is 0.369. The normalized spacial score (nSPS) is 11.2. The van der Waals surface area contributed by atoms with Crippen LogP contribution in [-0.4, -0.2) is 29.9 Å². The van der Waals surface area contributed by atoms with Crippen LogP contribution in [-0.2, 0) is 0 Å². The summed E-state index contributed by atoms with van der Waals surface area (Å²) in [5.41, 5.74) is 2.19. The van der Waals surface area contributed by atoms with Gasteiger partial charge in [-0.2, -0.15) is 0 Å². The SMILES string of the molecule is Clc1ccc(Nc2nc3nonc3n3cnnc23)cc1. The molecule has 8 nitrogen and oxygen atoms in total. The van der Waals surface area contributed by atoms with Crippen molar-refractivity contribution in [3.63, 3.8) is 0 Å². The van der Waals surface area contributed by atoms with Crippen molar-refractivity contribution in [1.29, 1.82) is 0 Å². The molecule has 0 radical (unpaired) electrons. The third-order valence-corrected chi connectivity index (χ3v) is 3.02. The van der Waals surface area contributed by atoms with Gasteiger partial charge in [0.15, 0.2) is 5.82 Å². The highest BCUT2D eigenvalue weighted by molar-refractivity contribution is 6.30. The van der Waals surface area contributed by atoms with E-state index >= 15 is 0 Å². The molecule has 0 saturated carbocycles. The van der Waals surface area contributed by atoms with Crippen molar-refractivity contribution >= 4 is 40.0 Å². The first-order valence-corrected chi connectivity index (χ1v) is 6.04. The fourth-order valence-electron chi connectivity index (χ4n) is 1.86. The molecule has 3 heterocycles. The van der Waals surface area contributed by atoms with Gasteiger partial charge in [-0.05, 0) is 34.6 Å². The van der Waals surface area contributed by atoms with Crippen molar-refractivity contribution < 1.29 is 4.63 Å². The van der Waals surface area contributed by atoms with Gasteiger partial charge in [0, 0.05) is 10.7 Å². The van der Waals surface area contributed by atoms with Crippen molar-refractivity contribution in [2.24, 2.45) is 0 Å². The van der Waals surface area contributed by atoms with Crippen LogP contribution in [0.5, 0.6) is 0 Å². The van der Waals surface area contributed by atoms with E-state index in [1.165, 1.54) is 6.33 Å². The lowest BCUT2D eigenvalue weighted by Gasteiger charge is -2.06. The van der Waals surface area contributed by atoms with Gasteiger partial charge in [-0.1, -0.05) is 11.6 Å². The topological polar surface area (TPSA) is 94.0 Å². The second-order valence-electron chi connectivity index (χ2n) is 4.03. The summed E-state index contributed by atoms with van der Waals surface area (Å²) in [6, 6.07) is 7.23. The average Bonchev–Trinajstić information content (AvgIpc) is 3.08. The van der Waals surface area contributed by atoms with Crippen LogP contribution in [0.2, 0.25) is 5.02 Å². The molecule has 1 N–H and O–H groups in total. The molecule has 3 aromatic heterocycles. The number of nitrogens with zero attached hydrogens (tertiary/aromatic N) is 6. The molecule has 0 amide bonds. The lowest BCUT2D eigenvalue weighted by Crippen LogP contribution is -1.99. The molecule has 1 aromatic carbocycles. The van der Waals surface area contributed by atoms with Crippen molar-refractivity contribution in [3.05, 3.63) is 35.6 Å². The summed E-state index contributed by atoms with van der Waals surface area (Å²) in [6.45, 7) is 0. The van der Waals surface area contributed by atoms with Crippen LogP contribution >= 0.6 is 11.6 Å². The third-order valence-electron chi connectivity index (χ3n) is 2.77. The van der Waals surface area contributed by atoms with Crippen LogP contribution in [0, 0.1) is 0 Å². The number of hydrogen-bond acceptors (Lipinski definition) is 7. The molecule has 0 aliphatic heterocycles. The first kappa shape index (κ1) is 11.1. The van der Waals surface area contributed by atoms with Crippen LogP contribution in [0.1, 0.15) is 0 Å². The van der Waals surface area contributed by atoms with Crippen LogP contribution in [0.4, 0.5) is 11.5 Å². The number of anilines is 2. The highest BCUT2D eigenvalue weighted by Crippen LogP contribution is 2.22. The molecule has 0 spiro atoms. The number of fused-ring (bicyclic) bond motifs is 3. The van der Waals surface area contributed by atoms with Crippen LogP contribution in [0.3, 0.4) is 0 Å². The van der Waals surface area contributed by atoms with E-state index in [-0.39, 0.29) is 0 Å². The van der Waals surface area contributed by atoms with Crippen molar-refractivity contribution in [2.45, 2.75) is 0 Å². The quantitative estimate of drug-likeness (QED) is 0.603. The molecule has 0 saturated heterocycles. The Balaban J connectivity index is 1.88. The van der Waals surface area contributed by atoms with E-state index in [2.05, 4.69) is 35.4 Å². The maximum absolute atomic E-state index is 5.86. The summed E-state index contributed by atoms with van der Waals surface area (Å²) in [5.74, 6) is 0.507. The highest BCUT2D eigenvalue weighted by atomic mass is 35.5. The minimum Gasteiger partial charge on any atom is -0.337 e. The van der Waals surface area contributed by atoms with Gasteiger partial charge in [0.05, 0.1) is 0 Å². The van der Waals surface area contributed by atoms with Gasteiger partial charge in [0.2, 0.25) is 16.9 Å². The average molecular weight is 288 g/mol. The summed E-state index contributed by atoms with van der Waals surface area (Å²) in [5, 5.41) is 19.2. The number of aromatic nitrogens is 6. The second kappa shape index (κ2) is 4.14. The van der Waals surface area contributed by atoms with Gasteiger partial charge in [0.25, 0.3) is 0 Å². The number of halogens is 1. The summed E-state index contributed by atoms with van der Waals surface area (Å²) in [6.07, 6.45) is 1.52. The Bertz CT molecular complexity index is 898. The fourth-order valence-corrected chi connectivity index (χ4v) is 1.99. The van der Waals surface area contributed by atoms with Gasteiger partial charge in [-0.25, -0.2) is 9.61 Å². The minimum atomic E-state index is 0.369. The molecule has 0 aliphatic rings. The molecule has 0 atom stereocenters. The maximum atomic E-state index is 5.86. The fraction of sp³-hybridized carbons (Fsp3) is 0. The van der Waals surface area contributed by atoms with Crippen molar-refractivity contribution in [3.8, 4) is 0 Å². The monoisotopic (exact) mass is 287 g/mol. The Hall–Kier alpha value is -2.74. The molecule has 0 fully saturated rings. The molecule has 9 heteroatoms. The van der Waals surface area contributed by atoms with E-state index in [0.717, 1.165) is 5.69 Å². The Labute approximate surface area is 116 Å². The van der Waals surface area contributed by atoms with E-state index < -0.39 is 0 Å². The summed E-state index contributed by atoms with van der Waals surface area (Å²) in [7, 11) is 0. The Morgan fingerprint density at radius 1 is 1.10 bits per heavy atom. The Morgan fingerprint density at radius 2 is 1.95 bits per heavy atom. The van der Waals surface area contributed by atoms with E-state index in [4.69, 9.17) is 11.6 Å². The molecule has 4 rings (SSSR count). The zero-order valence-corrected chi connectivity index (χ0v) is 10.6. The highest BCUT2D eigenvalue weighted by Gasteiger charge is 2.14. The zero-order chi connectivity index (χ0) is 13.5. The van der Waals surface area contributed by atoms with Gasteiger partial charge >= 0.3 is 0 Å². The number of hydrogen-bond donors (Lipinski definition) is 1. The maximum Gasteiger partial charge on any atom is 0.244 e. The van der Waals surface area contributed by atoms with Crippen LogP contribution < -0.4 is 5.32 Å². The van der Waals surface area contributed by atoms with Gasteiger partial charge < -0.3 is 5.32 Å². The standard InChI is InChI=1S/C11H6ClN7O/c12-6-1-3-7(4-2-6)14-8-10-16-13-5-19(10)11-9(15-8)17-20-18-11/h1-5H,(H,14,15,17). The molecular weight excluding hydrogens is 282 g/mol. The Kier molecular flexibility index (Phi) is 2.30. The third kappa shape index (κ3) is 1.66. The molecule has 98 valence electrons. The lowest BCUT2D eigenvalue weighted by atomic mass is 10.3. The van der Waals surface area contributed by atoms with Gasteiger partial charge in [0.1, 0.15) is 6.33 Å². The predicted octanol–water partition coefficient (Wildman–Crippen LogP) is 2.06. The smallest absolute Gasteiger partial charge is 0.244 e.